The van der Waals surface area contributed by atoms with E-state index in [2.05, 4.69) is 20.9 Å². The van der Waals surface area contributed by atoms with E-state index in [9.17, 15) is 0 Å². The third-order valence-electron chi connectivity index (χ3n) is 1.91. The first-order valence-corrected chi connectivity index (χ1v) is 6.69. The molecule has 2 rings (SSSR count). The lowest BCUT2D eigenvalue weighted by molar-refractivity contribution is 0.305. The van der Waals surface area contributed by atoms with E-state index in [0.29, 0.717) is 17.4 Å². The van der Waals surface area contributed by atoms with Gasteiger partial charge in [0.1, 0.15) is 17.4 Å². The molecule has 0 atom stereocenters. The molecule has 16 heavy (non-hydrogen) atoms. The Labute approximate surface area is 111 Å². The van der Waals surface area contributed by atoms with E-state index in [1.54, 1.807) is 17.4 Å². The number of aryl methyl sites for hydroxylation is 1. The number of benzene rings is 1. The molecule has 0 N–H and O–H groups in total. The Morgan fingerprint density at radius 3 is 3.00 bits per heavy atom. The highest BCUT2D eigenvalue weighted by atomic mass is 79.9. The van der Waals surface area contributed by atoms with Crippen LogP contribution in [0.15, 0.2) is 28.1 Å². The molecule has 0 saturated heterocycles. The summed E-state index contributed by atoms with van der Waals surface area (Å²) in [4.78, 5) is 4.32. The van der Waals surface area contributed by atoms with Gasteiger partial charge in [-0.25, -0.2) is 4.98 Å². The third kappa shape index (κ3) is 2.97. The Morgan fingerprint density at radius 1 is 1.50 bits per heavy atom. The zero-order chi connectivity index (χ0) is 11.5. The number of halogens is 2. The zero-order valence-electron chi connectivity index (χ0n) is 8.54. The van der Waals surface area contributed by atoms with Crippen LogP contribution in [0.25, 0.3) is 0 Å². The number of hydrogen-bond acceptors (Lipinski definition) is 3. The molecule has 1 aromatic heterocycles. The predicted molar refractivity (Wildman–Crippen MR) is 70.3 cm³/mol. The molecule has 0 aliphatic carbocycles. The molecule has 1 aromatic carbocycles. The predicted octanol–water partition coefficient (Wildman–Crippen LogP) is 4.45. The summed E-state index contributed by atoms with van der Waals surface area (Å²) in [5.41, 5.74) is 1.02. The molecule has 0 aliphatic rings. The summed E-state index contributed by atoms with van der Waals surface area (Å²) < 4.78 is 6.55. The second-order valence-corrected chi connectivity index (χ2v) is 5.51. The van der Waals surface area contributed by atoms with Gasteiger partial charge in [-0.15, -0.1) is 11.3 Å². The second kappa shape index (κ2) is 5.17. The van der Waals surface area contributed by atoms with E-state index in [1.807, 2.05) is 24.4 Å². The fourth-order valence-electron chi connectivity index (χ4n) is 1.20. The van der Waals surface area contributed by atoms with E-state index in [1.165, 1.54) is 0 Å². The van der Waals surface area contributed by atoms with Crippen LogP contribution in [0.5, 0.6) is 5.75 Å². The van der Waals surface area contributed by atoms with Crippen molar-refractivity contribution >= 4 is 38.9 Å². The summed E-state index contributed by atoms with van der Waals surface area (Å²) in [5.74, 6) is 0.670. The second-order valence-electron chi connectivity index (χ2n) is 3.25. The van der Waals surface area contributed by atoms with Crippen molar-refractivity contribution in [3.63, 3.8) is 0 Å². The van der Waals surface area contributed by atoms with Gasteiger partial charge in [-0.3, -0.25) is 0 Å². The summed E-state index contributed by atoms with van der Waals surface area (Å²) in [6, 6.07) is 5.53. The van der Waals surface area contributed by atoms with E-state index in [4.69, 9.17) is 16.3 Å². The molecule has 0 amide bonds. The van der Waals surface area contributed by atoms with Gasteiger partial charge in [0.25, 0.3) is 0 Å². The molecular weight excluding hydrogens is 310 g/mol. The van der Waals surface area contributed by atoms with Gasteiger partial charge in [0.15, 0.2) is 0 Å². The maximum absolute atomic E-state index is 6.00. The highest BCUT2D eigenvalue weighted by molar-refractivity contribution is 9.10. The van der Waals surface area contributed by atoms with Crippen LogP contribution in [0.1, 0.15) is 10.7 Å². The minimum Gasteiger partial charge on any atom is -0.485 e. The van der Waals surface area contributed by atoms with Gasteiger partial charge in [0.05, 0.1) is 5.02 Å². The molecule has 84 valence electrons. The monoisotopic (exact) mass is 317 g/mol. The van der Waals surface area contributed by atoms with Crippen LogP contribution in [-0.4, -0.2) is 4.98 Å². The third-order valence-corrected chi connectivity index (χ3v) is 3.66. The van der Waals surface area contributed by atoms with Crippen LogP contribution in [-0.2, 0) is 6.61 Å². The Balaban J connectivity index is 2.07. The number of ether oxygens (including phenoxy) is 1. The first kappa shape index (κ1) is 11.9. The zero-order valence-corrected chi connectivity index (χ0v) is 11.7. The summed E-state index contributed by atoms with van der Waals surface area (Å²) in [6.45, 7) is 2.42. The van der Waals surface area contributed by atoms with Crippen LogP contribution in [0.3, 0.4) is 0 Å². The summed E-state index contributed by atoms with van der Waals surface area (Å²) in [7, 11) is 0. The van der Waals surface area contributed by atoms with E-state index in [-0.39, 0.29) is 0 Å². The van der Waals surface area contributed by atoms with Gasteiger partial charge in [-0.05, 0) is 25.1 Å². The molecule has 1 heterocycles. The van der Waals surface area contributed by atoms with Crippen molar-refractivity contribution in [2.75, 3.05) is 0 Å². The molecule has 5 heteroatoms. The summed E-state index contributed by atoms with van der Waals surface area (Å²) in [5, 5.41) is 3.56. The Bertz CT molecular complexity index is 500. The van der Waals surface area contributed by atoms with Crippen molar-refractivity contribution in [1.29, 1.82) is 0 Å². The van der Waals surface area contributed by atoms with Crippen molar-refractivity contribution < 1.29 is 4.74 Å². The summed E-state index contributed by atoms with van der Waals surface area (Å²) >= 11 is 11.0. The van der Waals surface area contributed by atoms with Crippen LogP contribution < -0.4 is 4.74 Å². The number of rotatable bonds is 3. The Kier molecular flexibility index (Phi) is 3.84. The number of hydrogen-bond donors (Lipinski definition) is 0. The summed E-state index contributed by atoms with van der Waals surface area (Å²) in [6.07, 6.45) is 0. The molecule has 2 aromatic rings. The SMILES string of the molecule is Cc1csc(COc2cc(Br)ccc2Cl)n1. The Morgan fingerprint density at radius 2 is 2.31 bits per heavy atom. The lowest BCUT2D eigenvalue weighted by Crippen LogP contribution is -1.95. The fraction of sp³-hybridized carbons (Fsp3) is 0.182. The van der Waals surface area contributed by atoms with Crippen LogP contribution in [0.2, 0.25) is 5.02 Å². The van der Waals surface area contributed by atoms with Crippen molar-refractivity contribution in [2.24, 2.45) is 0 Å². The molecule has 0 fully saturated rings. The van der Waals surface area contributed by atoms with Crippen LogP contribution in [0, 0.1) is 6.92 Å². The molecule has 0 spiro atoms. The van der Waals surface area contributed by atoms with Gasteiger partial charge in [0.2, 0.25) is 0 Å². The van der Waals surface area contributed by atoms with Crippen molar-refractivity contribution in [3.8, 4) is 5.75 Å². The molecule has 0 aliphatic heterocycles. The Hall–Kier alpha value is -0.580. The first-order chi connectivity index (χ1) is 7.65. The number of thiazole rings is 1. The van der Waals surface area contributed by atoms with Gasteiger partial charge in [0, 0.05) is 15.5 Å². The topological polar surface area (TPSA) is 22.1 Å². The maximum Gasteiger partial charge on any atom is 0.140 e. The molecule has 0 saturated carbocycles. The minimum atomic E-state index is 0.453. The van der Waals surface area contributed by atoms with Gasteiger partial charge in [-0.2, -0.15) is 0 Å². The van der Waals surface area contributed by atoms with Crippen molar-refractivity contribution in [2.45, 2.75) is 13.5 Å². The average molecular weight is 319 g/mol. The van der Waals surface area contributed by atoms with Crippen molar-refractivity contribution in [3.05, 3.63) is 43.8 Å². The van der Waals surface area contributed by atoms with Gasteiger partial charge < -0.3 is 4.74 Å². The van der Waals surface area contributed by atoms with Crippen molar-refractivity contribution in [1.82, 2.24) is 4.98 Å². The molecular formula is C11H9BrClNOS. The molecule has 2 nitrogen and oxygen atoms in total. The van der Waals surface area contributed by atoms with Crippen LogP contribution in [0.4, 0.5) is 0 Å². The lowest BCUT2D eigenvalue weighted by atomic mass is 10.3. The fourth-order valence-corrected chi connectivity index (χ4v) is 2.39. The molecule has 0 radical (unpaired) electrons. The smallest absolute Gasteiger partial charge is 0.140 e. The standard InChI is InChI=1S/C11H9BrClNOS/c1-7-6-16-11(14-7)5-15-10-4-8(12)2-3-9(10)13/h2-4,6H,5H2,1H3. The normalized spacial score (nSPS) is 10.4. The minimum absolute atomic E-state index is 0.453. The highest BCUT2D eigenvalue weighted by Crippen LogP contribution is 2.28. The van der Waals surface area contributed by atoms with Crippen LogP contribution >= 0.6 is 38.9 Å². The molecule has 0 bridgehead atoms. The van der Waals surface area contributed by atoms with E-state index >= 15 is 0 Å². The van der Waals surface area contributed by atoms with E-state index < -0.39 is 0 Å². The number of aromatic nitrogens is 1. The highest BCUT2D eigenvalue weighted by Gasteiger charge is 2.04. The van der Waals surface area contributed by atoms with Gasteiger partial charge >= 0.3 is 0 Å². The average Bonchev–Trinajstić information content (AvgIpc) is 2.66. The lowest BCUT2D eigenvalue weighted by Gasteiger charge is -2.06. The largest absolute Gasteiger partial charge is 0.485 e. The first-order valence-electron chi connectivity index (χ1n) is 4.64. The molecule has 0 unspecified atom stereocenters. The van der Waals surface area contributed by atoms with E-state index in [0.717, 1.165) is 15.2 Å². The number of nitrogens with zero attached hydrogens (tertiary/aromatic N) is 1. The quantitative estimate of drug-likeness (QED) is 0.834. The van der Waals surface area contributed by atoms with Gasteiger partial charge in [-0.1, -0.05) is 27.5 Å². The maximum atomic E-state index is 6.00.